The lowest BCUT2D eigenvalue weighted by atomic mass is 10.2. The van der Waals surface area contributed by atoms with E-state index in [4.69, 9.17) is 21.7 Å². The van der Waals surface area contributed by atoms with Crippen LogP contribution >= 0.6 is 12.2 Å². The van der Waals surface area contributed by atoms with E-state index in [0.717, 1.165) is 11.1 Å². The summed E-state index contributed by atoms with van der Waals surface area (Å²) in [5, 5.41) is 11.0. The molecule has 3 rings (SSSR count). The summed E-state index contributed by atoms with van der Waals surface area (Å²) in [6, 6.07) is 15.6. The van der Waals surface area contributed by atoms with Gasteiger partial charge in [-0.1, -0.05) is 30.3 Å². The van der Waals surface area contributed by atoms with Gasteiger partial charge < -0.3 is 9.47 Å². The van der Waals surface area contributed by atoms with Gasteiger partial charge in [0.05, 0.1) is 13.3 Å². The zero-order valence-electron chi connectivity index (χ0n) is 14.0. The van der Waals surface area contributed by atoms with E-state index in [-0.39, 0.29) is 0 Å². The number of methoxy groups -OCH3 is 1. The minimum absolute atomic E-state index is 0.448. The number of benzene rings is 2. The van der Waals surface area contributed by atoms with Crippen LogP contribution in [0.1, 0.15) is 17.0 Å². The standard InChI is InChI=1S/C18H18N4O2S/c1-13-20-21-18(25)22(13)19-11-15-8-9-16(17(10-15)23-2)24-12-14-6-4-3-5-7-14/h3-11H,12H2,1-2H3,(H,21,25)/b19-11-. The molecule has 2 aromatic carbocycles. The van der Waals surface area contributed by atoms with E-state index in [9.17, 15) is 0 Å². The molecule has 1 N–H and O–H groups in total. The Kier molecular flexibility index (Phi) is 5.25. The van der Waals surface area contributed by atoms with Crippen LogP contribution in [0.2, 0.25) is 0 Å². The molecule has 1 aromatic heterocycles. The molecule has 0 spiro atoms. The number of rotatable bonds is 6. The maximum atomic E-state index is 5.85. The molecular weight excluding hydrogens is 336 g/mol. The number of nitrogens with one attached hydrogen (secondary N) is 1. The topological polar surface area (TPSA) is 64.4 Å². The van der Waals surface area contributed by atoms with E-state index >= 15 is 0 Å². The van der Waals surface area contributed by atoms with Gasteiger partial charge in [0.15, 0.2) is 11.5 Å². The monoisotopic (exact) mass is 354 g/mol. The molecule has 0 fully saturated rings. The van der Waals surface area contributed by atoms with Gasteiger partial charge in [-0.25, -0.2) is 0 Å². The van der Waals surface area contributed by atoms with Crippen LogP contribution < -0.4 is 9.47 Å². The van der Waals surface area contributed by atoms with Gasteiger partial charge >= 0.3 is 0 Å². The average Bonchev–Trinajstić information content (AvgIpc) is 2.97. The van der Waals surface area contributed by atoms with Gasteiger partial charge in [0.2, 0.25) is 4.77 Å². The number of H-pyrrole nitrogens is 1. The van der Waals surface area contributed by atoms with Crippen LogP contribution in [0, 0.1) is 11.7 Å². The van der Waals surface area contributed by atoms with Crippen molar-refractivity contribution in [1.29, 1.82) is 0 Å². The molecule has 0 aliphatic rings. The molecule has 0 saturated carbocycles. The van der Waals surface area contributed by atoms with Gasteiger partial charge in [-0.2, -0.15) is 14.9 Å². The summed E-state index contributed by atoms with van der Waals surface area (Å²) < 4.78 is 13.3. The van der Waals surface area contributed by atoms with Gasteiger partial charge in [-0.15, -0.1) is 0 Å². The molecule has 25 heavy (non-hydrogen) atoms. The smallest absolute Gasteiger partial charge is 0.216 e. The second kappa shape index (κ2) is 7.76. The van der Waals surface area contributed by atoms with Crippen LogP contribution in [-0.4, -0.2) is 28.2 Å². The Morgan fingerprint density at radius 2 is 2.00 bits per heavy atom. The highest BCUT2D eigenvalue weighted by Gasteiger charge is 2.06. The predicted octanol–water partition coefficient (Wildman–Crippen LogP) is 3.72. The van der Waals surface area contributed by atoms with Crippen LogP contribution in [0.3, 0.4) is 0 Å². The number of hydrogen-bond donors (Lipinski definition) is 1. The molecule has 3 aromatic rings. The van der Waals surface area contributed by atoms with Gasteiger partial charge in [-0.05, 0) is 48.5 Å². The fraction of sp³-hybridized carbons (Fsp3) is 0.167. The van der Waals surface area contributed by atoms with E-state index in [2.05, 4.69) is 15.3 Å². The summed E-state index contributed by atoms with van der Waals surface area (Å²) in [6.07, 6.45) is 1.70. The highest BCUT2D eigenvalue weighted by Crippen LogP contribution is 2.28. The largest absolute Gasteiger partial charge is 0.493 e. The SMILES string of the molecule is COc1cc(/C=N\n2c(C)n[nH]c2=S)ccc1OCc1ccccc1. The third-order valence-corrected chi connectivity index (χ3v) is 3.82. The van der Waals surface area contributed by atoms with Crippen molar-refractivity contribution < 1.29 is 9.47 Å². The first-order chi connectivity index (χ1) is 12.2. The van der Waals surface area contributed by atoms with Gasteiger partial charge in [0, 0.05) is 0 Å². The highest BCUT2D eigenvalue weighted by atomic mass is 32.1. The van der Waals surface area contributed by atoms with Crippen molar-refractivity contribution in [1.82, 2.24) is 14.9 Å². The van der Waals surface area contributed by atoms with E-state index < -0.39 is 0 Å². The molecule has 1 heterocycles. The Balaban J connectivity index is 1.76. The quantitative estimate of drug-likeness (QED) is 0.541. The number of aromatic nitrogens is 3. The molecule has 0 saturated heterocycles. The molecule has 0 aliphatic heterocycles. The van der Waals surface area contributed by atoms with Crippen molar-refractivity contribution in [3.63, 3.8) is 0 Å². The Bertz CT molecular complexity index is 932. The third kappa shape index (κ3) is 4.13. The minimum Gasteiger partial charge on any atom is -0.493 e. The number of aromatic amines is 1. The predicted molar refractivity (Wildman–Crippen MR) is 98.9 cm³/mol. The minimum atomic E-state index is 0.448. The molecule has 0 unspecified atom stereocenters. The van der Waals surface area contributed by atoms with E-state index in [1.165, 1.54) is 0 Å². The van der Waals surface area contributed by atoms with Gasteiger partial charge in [-0.3, -0.25) is 5.10 Å². The van der Waals surface area contributed by atoms with Crippen molar-refractivity contribution in [3.05, 3.63) is 70.3 Å². The maximum absolute atomic E-state index is 5.85. The number of hydrogen-bond acceptors (Lipinski definition) is 5. The Morgan fingerprint density at radius 3 is 2.68 bits per heavy atom. The third-order valence-electron chi connectivity index (χ3n) is 3.56. The molecule has 0 radical (unpaired) electrons. The number of nitrogens with zero attached hydrogens (tertiary/aromatic N) is 3. The molecule has 0 atom stereocenters. The van der Waals surface area contributed by atoms with Crippen molar-refractivity contribution >= 4 is 18.4 Å². The van der Waals surface area contributed by atoms with Crippen molar-refractivity contribution in [2.45, 2.75) is 13.5 Å². The molecule has 0 bridgehead atoms. The average molecular weight is 354 g/mol. The van der Waals surface area contributed by atoms with Crippen LogP contribution in [-0.2, 0) is 6.61 Å². The summed E-state index contributed by atoms with van der Waals surface area (Å²) in [4.78, 5) is 0. The summed E-state index contributed by atoms with van der Waals surface area (Å²) >= 11 is 5.13. The zero-order valence-corrected chi connectivity index (χ0v) is 14.8. The highest BCUT2D eigenvalue weighted by molar-refractivity contribution is 7.71. The number of aryl methyl sites for hydroxylation is 1. The maximum Gasteiger partial charge on any atom is 0.216 e. The summed E-state index contributed by atoms with van der Waals surface area (Å²) in [5.41, 5.74) is 1.96. The normalized spacial score (nSPS) is 11.0. The van der Waals surface area contributed by atoms with Crippen molar-refractivity contribution in [3.8, 4) is 11.5 Å². The first-order valence-electron chi connectivity index (χ1n) is 7.70. The summed E-state index contributed by atoms with van der Waals surface area (Å²) in [6.45, 7) is 2.30. The Labute approximate surface area is 150 Å². The molecule has 0 amide bonds. The Hall–Kier alpha value is -2.93. The molecule has 7 heteroatoms. The molecule has 6 nitrogen and oxygen atoms in total. The van der Waals surface area contributed by atoms with Crippen LogP contribution in [0.25, 0.3) is 0 Å². The van der Waals surface area contributed by atoms with Crippen molar-refractivity contribution in [2.24, 2.45) is 5.10 Å². The number of ether oxygens (including phenoxy) is 2. The Morgan fingerprint density at radius 1 is 1.20 bits per heavy atom. The zero-order chi connectivity index (χ0) is 17.6. The first kappa shape index (κ1) is 16.9. The van der Waals surface area contributed by atoms with Crippen LogP contribution in [0.5, 0.6) is 11.5 Å². The summed E-state index contributed by atoms with van der Waals surface area (Å²) in [5.74, 6) is 2.02. The fourth-order valence-electron chi connectivity index (χ4n) is 2.25. The van der Waals surface area contributed by atoms with Crippen LogP contribution in [0.15, 0.2) is 53.6 Å². The second-order valence-electron chi connectivity index (χ2n) is 5.32. The summed E-state index contributed by atoms with van der Waals surface area (Å²) in [7, 11) is 1.61. The van der Waals surface area contributed by atoms with E-state index in [1.54, 1.807) is 18.0 Å². The lowest BCUT2D eigenvalue weighted by Gasteiger charge is -2.11. The fourth-order valence-corrected chi connectivity index (χ4v) is 2.47. The molecule has 0 aliphatic carbocycles. The lowest BCUT2D eigenvalue weighted by molar-refractivity contribution is 0.284. The van der Waals surface area contributed by atoms with Gasteiger partial charge in [0.25, 0.3) is 0 Å². The second-order valence-corrected chi connectivity index (χ2v) is 5.70. The molecule has 128 valence electrons. The molecular formula is C18H18N4O2S. The lowest BCUT2D eigenvalue weighted by Crippen LogP contribution is -1.99. The van der Waals surface area contributed by atoms with Gasteiger partial charge in [0.1, 0.15) is 12.4 Å². The van der Waals surface area contributed by atoms with E-state index in [0.29, 0.717) is 28.7 Å². The van der Waals surface area contributed by atoms with E-state index in [1.807, 2.05) is 55.5 Å². The van der Waals surface area contributed by atoms with Crippen LogP contribution in [0.4, 0.5) is 0 Å². The first-order valence-corrected chi connectivity index (χ1v) is 8.11. The van der Waals surface area contributed by atoms with Crippen molar-refractivity contribution in [2.75, 3.05) is 7.11 Å².